The third-order valence-electron chi connectivity index (χ3n) is 5.96. The fourth-order valence-electron chi connectivity index (χ4n) is 4.16. The van der Waals surface area contributed by atoms with E-state index < -0.39 is 6.04 Å². The molecule has 3 heterocycles. The number of aromatic nitrogens is 1. The average Bonchev–Trinajstić information content (AvgIpc) is 3.40. The normalized spacial score (nSPS) is 15.6. The molecule has 0 saturated heterocycles. The molecule has 0 aliphatic carbocycles. The topological polar surface area (TPSA) is 76.6 Å². The van der Waals surface area contributed by atoms with Gasteiger partial charge in [-0.25, -0.2) is 4.99 Å². The quantitative estimate of drug-likeness (QED) is 0.379. The van der Waals surface area contributed by atoms with Crippen molar-refractivity contribution in [3.63, 3.8) is 0 Å². The van der Waals surface area contributed by atoms with Crippen molar-refractivity contribution in [3.05, 3.63) is 118 Å². The number of allylic oxidation sites excluding steroid dienone is 1. The molecule has 1 unspecified atom stereocenters. The number of amides is 1. The number of nitrogens with zero attached hydrogens (tertiary/aromatic N) is 2. The number of thiazole rings is 1. The number of anilines is 1. The Balaban J connectivity index is 1.68. The summed E-state index contributed by atoms with van der Waals surface area (Å²) >= 11 is 13.7. The average molecular weight is 538 g/mol. The van der Waals surface area contributed by atoms with Crippen LogP contribution < -0.4 is 20.2 Å². The molecule has 2 aromatic carbocycles. The highest BCUT2D eigenvalue weighted by Crippen LogP contribution is 2.32. The van der Waals surface area contributed by atoms with Crippen LogP contribution in [0.1, 0.15) is 35.6 Å². The molecular formula is C27H21Cl2N3O3S. The molecule has 2 aromatic heterocycles. The zero-order chi connectivity index (χ0) is 25.6. The third-order valence-corrected chi connectivity index (χ3v) is 7.77. The Bertz CT molecular complexity index is 1730. The molecule has 1 aliphatic heterocycles. The molecule has 9 heteroatoms. The Morgan fingerprint density at radius 3 is 2.58 bits per heavy atom. The standard InChI is InChI=1S/C27H21Cl2N3O3S/c1-14-7-4-5-10-19(14)31-25(33)22-16(3)30-27-32(24(22)20-12-11-15(2)35-20)26(34)21(36-27)13-17-8-6-9-18(28)23(17)29/h4-13,24H,1-3H3,(H,31,33)/b21-13+. The molecule has 182 valence electrons. The summed E-state index contributed by atoms with van der Waals surface area (Å²) in [6, 6.07) is 15.6. The summed E-state index contributed by atoms with van der Waals surface area (Å²) in [5.74, 6) is 0.799. The van der Waals surface area contributed by atoms with E-state index in [2.05, 4.69) is 10.3 Å². The maximum absolute atomic E-state index is 13.7. The summed E-state index contributed by atoms with van der Waals surface area (Å²) in [4.78, 5) is 32.4. The van der Waals surface area contributed by atoms with Crippen LogP contribution in [0.15, 0.2) is 80.1 Å². The Kier molecular flexibility index (Phi) is 6.47. The van der Waals surface area contributed by atoms with E-state index in [-0.39, 0.29) is 11.5 Å². The number of carbonyl (C=O) groups is 1. The molecule has 1 atom stereocenters. The SMILES string of the molecule is CC1=C(C(=O)Nc2ccccc2C)C(c2ccc(C)o2)n2c(s/c(=C/c3cccc(Cl)c3Cl)c2=O)=N1. The van der Waals surface area contributed by atoms with Crippen molar-refractivity contribution in [3.8, 4) is 0 Å². The lowest BCUT2D eigenvalue weighted by Gasteiger charge is -2.23. The zero-order valence-corrected chi connectivity index (χ0v) is 22.0. The molecular weight excluding hydrogens is 517 g/mol. The van der Waals surface area contributed by atoms with Gasteiger partial charge in [-0.2, -0.15) is 0 Å². The molecule has 0 fully saturated rings. The number of hydrogen-bond donors (Lipinski definition) is 1. The van der Waals surface area contributed by atoms with Crippen LogP contribution in [-0.4, -0.2) is 10.5 Å². The molecule has 0 saturated carbocycles. The van der Waals surface area contributed by atoms with Crippen molar-refractivity contribution in [2.75, 3.05) is 5.32 Å². The van der Waals surface area contributed by atoms with Crippen LogP contribution in [0.3, 0.4) is 0 Å². The second kappa shape index (κ2) is 9.58. The van der Waals surface area contributed by atoms with Gasteiger partial charge in [0.15, 0.2) is 4.80 Å². The minimum atomic E-state index is -0.782. The summed E-state index contributed by atoms with van der Waals surface area (Å²) in [5, 5.41) is 3.73. The Morgan fingerprint density at radius 2 is 1.86 bits per heavy atom. The van der Waals surface area contributed by atoms with Gasteiger partial charge in [0, 0.05) is 5.69 Å². The van der Waals surface area contributed by atoms with Crippen molar-refractivity contribution in [2.45, 2.75) is 26.8 Å². The highest BCUT2D eigenvalue weighted by molar-refractivity contribution is 7.07. The first kappa shape index (κ1) is 24.3. The van der Waals surface area contributed by atoms with Crippen LogP contribution in [0.5, 0.6) is 0 Å². The first-order valence-electron chi connectivity index (χ1n) is 11.1. The number of furan rings is 1. The number of carbonyl (C=O) groups excluding carboxylic acids is 1. The van der Waals surface area contributed by atoms with E-state index in [0.29, 0.717) is 53.4 Å². The molecule has 5 rings (SSSR count). The van der Waals surface area contributed by atoms with Crippen molar-refractivity contribution < 1.29 is 9.21 Å². The van der Waals surface area contributed by atoms with Crippen molar-refractivity contribution >= 4 is 52.2 Å². The lowest BCUT2D eigenvalue weighted by atomic mass is 10.00. The highest BCUT2D eigenvalue weighted by atomic mass is 35.5. The van der Waals surface area contributed by atoms with Gasteiger partial charge < -0.3 is 9.73 Å². The molecule has 0 bridgehead atoms. The van der Waals surface area contributed by atoms with Gasteiger partial charge in [-0.3, -0.25) is 14.2 Å². The summed E-state index contributed by atoms with van der Waals surface area (Å²) < 4.78 is 7.86. The highest BCUT2D eigenvalue weighted by Gasteiger charge is 2.34. The van der Waals surface area contributed by atoms with E-state index in [4.69, 9.17) is 27.6 Å². The van der Waals surface area contributed by atoms with Crippen LogP contribution in [-0.2, 0) is 4.79 Å². The van der Waals surface area contributed by atoms with Crippen LogP contribution in [0, 0.1) is 13.8 Å². The number of hydrogen-bond acceptors (Lipinski definition) is 5. The summed E-state index contributed by atoms with van der Waals surface area (Å²) in [5.41, 5.74) is 2.77. The summed E-state index contributed by atoms with van der Waals surface area (Å²) in [6.07, 6.45) is 1.69. The van der Waals surface area contributed by atoms with Gasteiger partial charge in [0.2, 0.25) is 0 Å². The van der Waals surface area contributed by atoms with Gasteiger partial charge in [-0.1, -0.05) is 64.9 Å². The molecule has 36 heavy (non-hydrogen) atoms. The number of aryl methyl sites for hydroxylation is 2. The van der Waals surface area contributed by atoms with E-state index in [1.165, 1.54) is 15.9 Å². The smallest absolute Gasteiger partial charge is 0.271 e. The minimum absolute atomic E-state index is 0.303. The van der Waals surface area contributed by atoms with E-state index >= 15 is 0 Å². The predicted molar refractivity (Wildman–Crippen MR) is 143 cm³/mol. The van der Waals surface area contributed by atoms with Gasteiger partial charge in [0.05, 0.1) is 25.8 Å². The Morgan fingerprint density at radius 1 is 1.08 bits per heavy atom. The second-order valence-electron chi connectivity index (χ2n) is 8.44. The molecule has 0 spiro atoms. The van der Waals surface area contributed by atoms with E-state index in [1.54, 1.807) is 37.3 Å². The second-order valence-corrected chi connectivity index (χ2v) is 10.2. The fourth-order valence-corrected chi connectivity index (χ4v) is 5.56. The number of benzene rings is 2. The van der Waals surface area contributed by atoms with E-state index in [1.807, 2.05) is 44.2 Å². The van der Waals surface area contributed by atoms with Crippen LogP contribution in [0.25, 0.3) is 6.08 Å². The number of para-hydroxylation sites is 1. The van der Waals surface area contributed by atoms with Crippen molar-refractivity contribution in [1.29, 1.82) is 0 Å². The molecule has 1 N–H and O–H groups in total. The number of nitrogens with one attached hydrogen (secondary N) is 1. The zero-order valence-electron chi connectivity index (χ0n) is 19.6. The molecule has 4 aromatic rings. The first-order valence-corrected chi connectivity index (χ1v) is 12.7. The van der Waals surface area contributed by atoms with Gasteiger partial charge >= 0.3 is 0 Å². The molecule has 6 nitrogen and oxygen atoms in total. The first-order chi connectivity index (χ1) is 17.2. The number of fused-ring (bicyclic) bond motifs is 1. The van der Waals surface area contributed by atoms with Crippen molar-refractivity contribution in [1.82, 2.24) is 4.57 Å². The van der Waals surface area contributed by atoms with Crippen LogP contribution >= 0.6 is 34.5 Å². The van der Waals surface area contributed by atoms with Crippen LogP contribution in [0.2, 0.25) is 10.0 Å². The van der Waals surface area contributed by atoms with Crippen molar-refractivity contribution in [2.24, 2.45) is 4.99 Å². The maximum atomic E-state index is 13.7. The fraction of sp³-hybridized carbons (Fsp3) is 0.148. The lowest BCUT2D eigenvalue weighted by Crippen LogP contribution is -2.40. The predicted octanol–water partition coefficient (Wildman–Crippen LogP) is 5.39. The number of rotatable bonds is 4. The largest absolute Gasteiger partial charge is 0.464 e. The van der Waals surface area contributed by atoms with Crippen LogP contribution in [0.4, 0.5) is 5.69 Å². The van der Waals surface area contributed by atoms with Gasteiger partial charge in [0.1, 0.15) is 17.6 Å². The van der Waals surface area contributed by atoms with E-state index in [0.717, 1.165) is 5.56 Å². The van der Waals surface area contributed by atoms with Gasteiger partial charge in [-0.05, 0) is 62.2 Å². The molecule has 1 aliphatic rings. The Labute approximate surface area is 220 Å². The van der Waals surface area contributed by atoms with E-state index in [9.17, 15) is 9.59 Å². The number of halogens is 2. The summed E-state index contributed by atoms with van der Waals surface area (Å²) in [7, 11) is 0. The molecule has 1 amide bonds. The van der Waals surface area contributed by atoms with Gasteiger partial charge in [-0.15, -0.1) is 0 Å². The lowest BCUT2D eigenvalue weighted by molar-refractivity contribution is -0.113. The maximum Gasteiger partial charge on any atom is 0.271 e. The molecule has 0 radical (unpaired) electrons. The van der Waals surface area contributed by atoms with Gasteiger partial charge in [0.25, 0.3) is 11.5 Å². The minimum Gasteiger partial charge on any atom is -0.464 e. The third kappa shape index (κ3) is 4.34. The Hall–Kier alpha value is -3.39. The monoisotopic (exact) mass is 537 g/mol. The summed E-state index contributed by atoms with van der Waals surface area (Å²) in [6.45, 7) is 5.50.